The summed E-state index contributed by atoms with van der Waals surface area (Å²) >= 11 is 3.52. The molecule has 132 valence electrons. The molecule has 0 atom stereocenters. The fourth-order valence-corrected chi connectivity index (χ4v) is 3.42. The van der Waals surface area contributed by atoms with Crippen molar-refractivity contribution in [3.63, 3.8) is 0 Å². The van der Waals surface area contributed by atoms with Crippen molar-refractivity contribution in [2.45, 2.75) is 0 Å². The normalized spacial score (nSPS) is 11.3. The first-order valence-corrected chi connectivity index (χ1v) is 9.16. The van der Waals surface area contributed by atoms with Gasteiger partial charge < -0.3 is 20.6 Å². The number of halogens is 1. The molecule has 0 saturated heterocycles. The number of hydrogen-bond acceptors (Lipinski definition) is 4. The highest BCUT2D eigenvalue weighted by Gasteiger charge is 2.18. The zero-order valence-corrected chi connectivity index (χ0v) is 15.8. The summed E-state index contributed by atoms with van der Waals surface area (Å²) in [7, 11) is 1.90. The number of H-pyrrole nitrogens is 2. The van der Waals surface area contributed by atoms with Crippen molar-refractivity contribution >= 4 is 43.6 Å². The number of fused-ring (bicyclic) bond motifs is 2. The van der Waals surface area contributed by atoms with Gasteiger partial charge in [-0.1, -0.05) is 28.1 Å². The van der Waals surface area contributed by atoms with Crippen molar-refractivity contribution in [1.29, 1.82) is 0 Å². The number of nitrogens with zero attached hydrogens (tertiary/aromatic N) is 1. The second kappa shape index (κ2) is 6.93. The van der Waals surface area contributed by atoms with E-state index in [0.29, 0.717) is 17.9 Å². The fourth-order valence-electron chi connectivity index (χ4n) is 3.06. The third-order valence-corrected chi connectivity index (χ3v) is 4.77. The van der Waals surface area contributed by atoms with Gasteiger partial charge in [-0.05, 0) is 37.4 Å². The Morgan fingerprint density at radius 1 is 1.08 bits per heavy atom. The average molecular weight is 412 g/mol. The zero-order valence-electron chi connectivity index (χ0n) is 14.2. The molecule has 2 aromatic carbocycles. The first-order chi connectivity index (χ1) is 12.7. The summed E-state index contributed by atoms with van der Waals surface area (Å²) in [6, 6.07) is 13.6. The van der Waals surface area contributed by atoms with Crippen LogP contribution in [0.1, 0.15) is 0 Å². The van der Waals surface area contributed by atoms with E-state index < -0.39 is 0 Å². The quantitative estimate of drug-likeness (QED) is 0.378. The number of imidazole rings is 1. The van der Waals surface area contributed by atoms with E-state index >= 15 is 0 Å². The van der Waals surface area contributed by atoms with Crippen LogP contribution in [-0.4, -0.2) is 35.1 Å². The predicted octanol–water partition coefficient (Wildman–Crippen LogP) is 3.47. The van der Waals surface area contributed by atoms with Crippen molar-refractivity contribution in [1.82, 2.24) is 20.3 Å². The summed E-state index contributed by atoms with van der Waals surface area (Å²) in [5.74, 6) is 0.557. The van der Waals surface area contributed by atoms with Crippen LogP contribution in [0, 0.1) is 0 Å². The van der Waals surface area contributed by atoms with Crippen LogP contribution in [0.5, 0.6) is 0 Å². The largest absolute Gasteiger partial charge is 0.382 e. The Morgan fingerprint density at radius 3 is 2.73 bits per heavy atom. The Labute approximate surface area is 158 Å². The van der Waals surface area contributed by atoms with E-state index in [1.807, 2.05) is 49.5 Å². The molecule has 0 bridgehead atoms. The van der Waals surface area contributed by atoms with Crippen LogP contribution in [0.2, 0.25) is 0 Å². The van der Waals surface area contributed by atoms with Gasteiger partial charge in [-0.25, -0.2) is 4.98 Å². The van der Waals surface area contributed by atoms with E-state index in [1.165, 1.54) is 0 Å². The van der Waals surface area contributed by atoms with E-state index in [4.69, 9.17) is 0 Å². The standard InChI is InChI=1S/C19H18BrN5O/c1-21-8-9-22-17-12-10-11(20)6-7-13(12)25-19(26)16(17)18-23-14-4-2-3-5-15(14)24-18/h2-7,10,21H,8-9H2,1H3,(H,23,24)(H2,22,25,26). The summed E-state index contributed by atoms with van der Waals surface area (Å²) in [6.45, 7) is 1.47. The Morgan fingerprint density at radius 2 is 1.92 bits per heavy atom. The number of aromatic amines is 2. The topological polar surface area (TPSA) is 85.6 Å². The molecule has 6 nitrogen and oxygen atoms in total. The molecular weight excluding hydrogens is 394 g/mol. The number of pyridine rings is 1. The number of rotatable bonds is 5. The van der Waals surface area contributed by atoms with Gasteiger partial charge in [0.2, 0.25) is 0 Å². The maximum atomic E-state index is 12.9. The van der Waals surface area contributed by atoms with E-state index in [0.717, 1.165) is 38.6 Å². The molecule has 0 radical (unpaired) electrons. The molecule has 26 heavy (non-hydrogen) atoms. The van der Waals surface area contributed by atoms with Crippen molar-refractivity contribution < 1.29 is 0 Å². The van der Waals surface area contributed by atoms with Gasteiger partial charge in [0.1, 0.15) is 11.4 Å². The van der Waals surface area contributed by atoms with Crippen LogP contribution < -0.4 is 16.2 Å². The van der Waals surface area contributed by atoms with Gasteiger partial charge >= 0.3 is 0 Å². The number of anilines is 1. The van der Waals surface area contributed by atoms with Gasteiger partial charge in [0, 0.05) is 22.9 Å². The van der Waals surface area contributed by atoms with Gasteiger partial charge in [0.15, 0.2) is 0 Å². The lowest BCUT2D eigenvalue weighted by Gasteiger charge is -2.13. The molecule has 0 spiro atoms. The lowest BCUT2D eigenvalue weighted by atomic mass is 10.1. The molecule has 4 rings (SSSR count). The molecule has 0 unspecified atom stereocenters. The highest BCUT2D eigenvalue weighted by atomic mass is 79.9. The molecule has 0 aliphatic heterocycles. The molecule has 0 fully saturated rings. The fraction of sp³-hybridized carbons (Fsp3) is 0.158. The Hall–Kier alpha value is -2.64. The smallest absolute Gasteiger partial charge is 0.261 e. The minimum absolute atomic E-state index is 0.175. The maximum Gasteiger partial charge on any atom is 0.261 e. The average Bonchev–Trinajstić information content (AvgIpc) is 3.05. The van der Waals surface area contributed by atoms with Gasteiger partial charge in [-0.2, -0.15) is 0 Å². The van der Waals surface area contributed by atoms with E-state index in [1.54, 1.807) is 0 Å². The first-order valence-electron chi connectivity index (χ1n) is 8.36. The second-order valence-corrected chi connectivity index (χ2v) is 6.94. The third kappa shape index (κ3) is 3.00. The molecular formula is C19H18BrN5O. The Bertz CT molecular complexity index is 1110. The number of aromatic nitrogens is 3. The van der Waals surface area contributed by atoms with Crippen molar-refractivity contribution in [2.75, 3.05) is 25.5 Å². The third-order valence-electron chi connectivity index (χ3n) is 4.28. The molecule has 0 aliphatic carbocycles. The Balaban J connectivity index is 1.98. The molecule has 0 aliphatic rings. The summed E-state index contributed by atoms with van der Waals surface area (Å²) in [5.41, 5.74) is 3.63. The molecule has 0 saturated carbocycles. The summed E-state index contributed by atoms with van der Waals surface area (Å²) < 4.78 is 0.948. The van der Waals surface area contributed by atoms with Crippen LogP contribution >= 0.6 is 15.9 Å². The van der Waals surface area contributed by atoms with Crippen LogP contribution in [0.25, 0.3) is 33.3 Å². The number of benzene rings is 2. The monoisotopic (exact) mass is 411 g/mol. The van der Waals surface area contributed by atoms with Crippen molar-refractivity contribution in [3.05, 3.63) is 57.3 Å². The lowest BCUT2D eigenvalue weighted by molar-refractivity contribution is 0.824. The number of hydrogen-bond donors (Lipinski definition) is 4. The van der Waals surface area contributed by atoms with Crippen LogP contribution in [0.4, 0.5) is 5.69 Å². The van der Waals surface area contributed by atoms with E-state index in [-0.39, 0.29) is 5.56 Å². The molecule has 7 heteroatoms. The van der Waals surface area contributed by atoms with Crippen LogP contribution in [-0.2, 0) is 0 Å². The SMILES string of the molecule is CNCCNc1c(-c2nc3ccccc3[nH]2)c(=O)[nH]c2ccc(Br)cc12. The highest BCUT2D eigenvalue weighted by Crippen LogP contribution is 2.32. The van der Waals surface area contributed by atoms with Gasteiger partial charge in [-0.3, -0.25) is 4.79 Å². The summed E-state index contributed by atoms with van der Waals surface area (Å²) in [6.07, 6.45) is 0. The van der Waals surface area contributed by atoms with Crippen molar-refractivity contribution in [2.24, 2.45) is 0 Å². The maximum absolute atomic E-state index is 12.9. The van der Waals surface area contributed by atoms with Crippen LogP contribution in [0.15, 0.2) is 51.7 Å². The van der Waals surface area contributed by atoms with Crippen molar-refractivity contribution in [3.8, 4) is 11.4 Å². The number of nitrogens with one attached hydrogen (secondary N) is 4. The van der Waals surface area contributed by atoms with Gasteiger partial charge in [0.25, 0.3) is 5.56 Å². The summed E-state index contributed by atoms with van der Waals surface area (Å²) in [4.78, 5) is 23.7. The Kier molecular flexibility index (Phi) is 4.48. The molecule has 4 aromatic rings. The molecule has 4 N–H and O–H groups in total. The van der Waals surface area contributed by atoms with Gasteiger partial charge in [-0.15, -0.1) is 0 Å². The second-order valence-electron chi connectivity index (χ2n) is 6.03. The zero-order chi connectivity index (χ0) is 18.1. The van der Waals surface area contributed by atoms with Crippen LogP contribution in [0.3, 0.4) is 0 Å². The lowest BCUT2D eigenvalue weighted by Crippen LogP contribution is -2.20. The minimum Gasteiger partial charge on any atom is -0.382 e. The first kappa shape index (κ1) is 16.8. The molecule has 0 amide bonds. The van der Waals surface area contributed by atoms with E-state index in [2.05, 4.69) is 41.5 Å². The molecule has 2 heterocycles. The van der Waals surface area contributed by atoms with Gasteiger partial charge in [0.05, 0.1) is 22.2 Å². The highest BCUT2D eigenvalue weighted by molar-refractivity contribution is 9.10. The van der Waals surface area contributed by atoms with E-state index in [9.17, 15) is 4.79 Å². The molecule has 2 aromatic heterocycles. The minimum atomic E-state index is -0.175. The number of likely N-dealkylation sites (N-methyl/N-ethyl adjacent to an activating group) is 1. The predicted molar refractivity (Wildman–Crippen MR) is 110 cm³/mol. The summed E-state index contributed by atoms with van der Waals surface area (Å²) in [5, 5.41) is 7.45. The number of para-hydroxylation sites is 2.